The third-order valence-electron chi connectivity index (χ3n) is 4.09. The number of nitrogens with zero attached hydrogens (tertiary/aromatic N) is 4. The molecule has 0 radical (unpaired) electrons. The molecule has 0 saturated heterocycles. The largest absolute Gasteiger partial charge is 0.356 e. The fourth-order valence-electron chi connectivity index (χ4n) is 2.54. The van der Waals surface area contributed by atoms with Crippen LogP contribution in [0.2, 0.25) is 10.0 Å². The van der Waals surface area contributed by atoms with Crippen molar-refractivity contribution < 1.29 is 19.4 Å². The number of aromatic nitrogens is 2. The minimum Gasteiger partial charge on any atom is -0.276 e. The van der Waals surface area contributed by atoms with Crippen LogP contribution in [-0.2, 0) is 0 Å². The first-order chi connectivity index (χ1) is 16.2. The number of halogens is 2. The van der Waals surface area contributed by atoms with E-state index in [9.17, 15) is 29.8 Å². The topological polar surface area (TPSA) is 194 Å². The Morgan fingerprint density at radius 3 is 2.09 bits per heavy atom. The Balaban J connectivity index is 1.75. The first-order valence-electron chi connectivity index (χ1n) is 8.99. The van der Waals surface area contributed by atoms with Crippen molar-refractivity contribution in [1.82, 2.24) is 20.8 Å². The minimum absolute atomic E-state index is 0.0397. The van der Waals surface area contributed by atoms with Gasteiger partial charge >= 0.3 is 5.69 Å². The van der Waals surface area contributed by atoms with Gasteiger partial charge in [0.1, 0.15) is 6.33 Å². The van der Waals surface area contributed by atoms with Crippen LogP contribution < -0.4 is 21.7 Å². The van der Waals surface area contributed by atoms with E-state index in [4.69, 9.17) is 23.2 Å². The van der Waals surface area contributed by atoms with Crippen LogP contribution in [0.15, 0.2) is 48.8 Å². The third kappa shape index (κ3) is 5.62. The number of benzene rings is 2. The van der Waals surface area contributed by atoms with Crippen LogP contribution in [0, 0.1) is 20.2 Å². The Kier molecular flexibility index (Phi) is 7.35. The van der Waals surface area contributed by atoms with Crippen molar-refractivity contribution >= 4 is 58.0 Å². The van der Waals surface area contributed by atoms with Crippen LogP contribution in [0.3, 0.4) is 0 Å². The van der Waals surface area contributed by atoms with E-state index in [2.05, 4.69) is 31.7 Å². The summed E-state index contributed by atoms with van der Waals surface area (Å²) < 4.78 is 0. The van der Waals surface area contributed by atoms with Crippen LogP contribution in [-0.4, -0.2) is 31.6 Å². The molecule has 16 heteroatoms. The Bertz CT molecular complexity index is 1310. The highest BCUT2D eigenvalue weighted by Gasteiger charge is 2.24. The number of nitrogens with one attached hydrogen (secondary N) is 4. The van der Waals surface area contributed by atoms with E-state index < -0.39 is 39.0 Å². The number of non-ortho nitro benzene ring substituents is 1. The number of hydrazine groups is 2. The van der Waals surface area contributed by atoms with E-state index in [-0.39, 0.29) is 21.8 Å². The van der Waals surface area contributed by atoms with E-state index in [0.29, 0.717) is 5.02 Å². The molecule has 0 aliphatic carbocycles. The summed E-state index contributed by atoms with van der Waals surface area (Å²) in [5.74, 6) is -2.40. The van der Waals surface area contributed by atoms with Crippen LogP contribution in [0.4, 0.5) is 23.0 Å². The van der Waals surface area contributed by atoms with Crippen molar-refractivity contribution in [2.75, 3.05) is 10.9 Å². The molecule has 0 aliphatic rings. The van der Waals surface area contributed by atoms with Crippen molar-refractivity contribution in [3.05, 3.63) is 90.2 Å². The van der Waals surface area contributed by atoms with Gasteiger partial charge in [-0.1, -0.05) is 29.3 Å². The Labute approximate surface area is 199 Å². The quantitative estimate of drug-likeness (QED) is 0.260. The number of hydrogen-bond acceptors (Lipinski definition) is 10. The Morgan fingerprint density at radius 2 is 1.50 bits per heavy atom. The molecule has 34 heavy (non-hydrogen) atoms. The normalized spacial score (nSPS) is 10.2. The van der Waals surface area contributed by atoms with Crippen molar-refractivity contribution in [3.63, 3.8) is 0 Å². The van der Waals surface area contributed by atoms with Crippen molar-refractivity contribution in [1.29, 1.82) is 0 Å². The van der Waals surface area contributed by atoms with Crippen molar-refractivity contribution in [2.45, 2.75) is 0 Å². The van der Waals surface area contributed by atoms with Gasteiger partial charge in [0.05, 0.1) is 20.4 Å². The molecule has 4 N–H and O–H groups in total. The van der Waals surface area contributed by atoms with Gasteiger partial charge in [0, 0.05) is 22.7 Å². The summed E-state index contributed by atoms with van der Waals surface area (Å²) in [6.45, 7) is 0. The number of amides is 2. The molecule has 0 aliphatic heterocycles. The molecule has 0 atom stereocenters. The lowest BCUT2D eigenvalue weighted by Gasteiger charge is -2.12. The Hall–Kier alpha value is -4.56. The van der Waals surface area contributed by atoms with Gasteiger partial charge in [0.15, 0.2) is 0 Å². The zero-order valence-electron chi connectivity index (χ0n) is 16.6. The molecule has 0 saturated carbocycles. The molecule has 14 nitrogen and oxygen atoms in total. The first kappa shape index (κ1) is 24.1. The summed E-state index contributed by atoms with van der Waals surface area (Å²) in [5.41, 5.74) is 7.87. The molecule has 0 bridgehead atoms. The monoisotopic (exact) mass is 506 g/mol. The highest BCUT2D eigenvalue weighted by molar-refractivity contribution is 6.36. The molecule has 1 heterocycles. The number of nitro groups is 2. The van der Waals surface area contributed by atoms with Crippen LogP contribution in [0.1, 0.15) is 20.7 Å². The number of anilines is 2. The first-order valence-corrected chi connectivity index (χ1v) is 9.74. The van der Waals surface area contributed by atoms with Crippen LogP contribution >= 0.6 is 23.2 Å². The van der Waals surface area contributed by atoms with Gasteiger partial charge in [0.2, 0.25) is 11.6 Å². The fourth-order valence-corrected chi connectivity index (χ4v) is 3.03. The number of carbonyl (C=O) groups excluding carboxylic acids is 2. The van der Waals surface area contributed by atoms with Gasteiger partial charge in [-0.15, -0.1) is 0 Å². The maximum atomic E-state index is 12.3. The molecular formula is C18H12Cl2N8O6. The summed E-state index contributed by atoms with van der Waals surface area (Å²) in [4.78, 5) is 53.0. The highest BCUT2D eigenvalue weighted by Crippen LogP contribution is 2.28. The molecule has 2 aromatic carbocycles. The van der Waals surface area contributed by atoms with Gasteiger partial charge in [-0.05, 0) is 24.3 Å². The van der Waals surface area contributed by atoms with Crippen molar-refractivity contribution in [2.24, 2.45) is 0 Å². The average molecular weight is 507 g/mol. The molecule has 0 spiro atoms. The number of rotatable bonds is 8. The fraction of sp³-hybridized carbons (Fsp3) is 0. The number of hydrogen-bond donors (Lipinski definition) is 4. The molecule has 0 unspecified atom stereocenters. The summed E-state index contributed by atoms with van der Waals surface area (Å²) in [6, 6.07) is 8.96. The van der Waals surface area contributed by atoms with E-state index in [0.717, 1.165) is 12.4 Å². The minimum atomic E-state index is -0.856. The van der Waals surface area contributed by atoms with Crippen LogP contribution in [0.25, 0.3) is 0 Å². The second kappa shape index (κ2) is 10.4. The predicted octanol–water partition coefficient (Wildman–Crippen LogP) is 3.11. The maximum Gasteiger partial charge on any atom is 0.356 e. The SMILES string of the molecule is O=C(NNc1ncnc(NNC(=O)c2ccc(Cl)cc2Cl)c1[N+](=O)[O-])c1cccc([N+](=O)[O-])c1. The molecule has 3 rings (SSSR count). The predicted molar refractivity (Wildman–Crippen MR) is 120 cm³/mol. The van der Waals surface area contributed by atoms with Gasteiger partial charge in [-0.25, -0.2) is 9.97 Å². The maximum absolute atomic E-state index is 12.3. The molecule has 174 valence electrons. The molecule has 1 aromatic heterocycles. The van der Waals surface area contributed by atoms with E-state index >= 15 is 0 Å². The molecule has 0 fully saturated rings. The summed E-state index contributed by atoms with van der Waals surface area (Å²) in [7, 11) is 0. The van der Waals surface area contributed by atoms with Gasteiger partial charge in [-0.3, -0.25) is 51.5 Å². The van der Waals surface area contributed by atoms with Crippen molar-refractivity contribution in [3.8, 4) is 0 Å². The van der Waals surface area contributed by atoms with Gasteiger partial charge in [0.25, 0.3) is 17.5 Å². The summed E-state index contributed by atoms with van der Waals surface area (Å²) in [6.07, 6.45) is 0.929. The smallest absolute Gasteiger partial charge is 0.276 e. The second-order valence-corrected chi connectivity index (χ2v) is 7.11. The molecular weight excluding hydrogens is 495 g/mol. The summed E-state index contributed by atoms with van der Waals surface area (Å²) >= 11 is 11.8. The van der Waals surface area contributed by atoms with Gasteiger partial charge in [-0.2, -0.15) is 0 Å². The van der Waals surface area contributed by atoms with E-state index in [1.54, 1.807) is 0 Å². The zero-order valence-corrected chi connectivity index (χ0v) is 18.1. The molecule has 2 amide bonds. The number of nitro benzene ring substituents is 1. The zero-order chi connectivity index (χ0) is 24.8. The average Bonchev–Trinajstić information content (AvgIpc) is 2.80. The lowest BCUT2D eigenvalue weighted by atomic mass is 10.2. The lowest BCUT2D eigenvalue weighted by molar-refractivity contribution is -0.384. The highest BCUT2D eigenvalue weighted by atomic mass is 35.5. The second-order valence-electron chi connectivity index (χ2n) is 6.27. The molecule has 3 aromatic rings. The summed E-state index contributed by atoms with van der Waals surface area (Å²) in [5, 5.41) is 22.8. The number of carbonyl (C=O) groups is 2. The lowest BCUT2D eigenvalue weighted by Crippen LogP contribution is -2.32. The van der Waals surface area contributed by atoms with E-state index in [1.807, 2.05) is 0 Å². The Morgan fingerprint density at radius 1 is 0.853 bits per heavy atom. The van der Waals surface area contributed by atoms with E-state index in [1.165, 1.54) is 36.4 Å². The van der Waals surface area contributed by atoms with Gasteiger partial charge < -0.3 is 0 Å². The van der Waals surface area contributed by atoms with Crippen LogP contribution in [0.5, 0.6) is 0 Å². The standard InChI is InChI=1S/C18H12Cl2N8O6/c19-10-4-5-12(13(20)7-10)18(30)26-24-16-14(28(33)34)15(21-8-22-16)23-25-17(29)9-2-1-3-11(6-9)27(31)32/h1-8H,(H,25,29)(H,26,30)(H2,21,22,23,24). The third-order valence-corrected chi connectivity index (χ3v) is 4.64.